The van der Waals surface area contributed by atoms with Gasteiger partial charge in [-0.25, -0.2) is 0 Å². The number of benzene rings is 2. The van der Waals surface area contributed by atoms with E-state index in [1.807, 2.05) is 0 Å². The van der Waals surface area contributed by atoms with Crippen molar-refractivity contribution in [3.05, 3.63) is 57.7 Å². The molecular formula is C20H16O8. The highest BCUT2D eigenvalue weighted by molar-refractivity contribution is 5.93. The minimum atomic E-state index is -1.16. The molecule has 0 radical (unpaired) electrons. The SMILES string of the molecule is O=c1c(O)cccc2c([C@H]3Oc4cc(O)cc(O)c4C[C@@H]3O)cc(O)c(O)c12. The predicted octanol–water partition coefficient (Wildman–Crippen LogP) is 1.77. The van der Waals surface area contributed by atoms with Crippen molar-refractivity contribution in [3.63, 3.8) is 0 Å². The first-order valence-electron chi connectivity index (χ1n) is 8.38. The topological polar surface area (TPSA) is 148 Å². The number of aromatic hydroxyl groups is 5. The maximum Gasteiger partial charge on any atom is 0.231 e. The third kappa shape index (κ3) is 2.62. The van der Waals surface area contributed by atoms with E-state index < -0.39 is 34.9 Å². The zero-order valence-electron chi connectivity index (χ0n) is 14.3. The molecule has 0 aliphatic carbocycles. The summed E-state index contributed by atoms with van der Waals surface area (Å²) in [6.07, 6.45) is -2.25. The van der Waals surface area contributed by atoms with Crippen LogP contribution in [0.1, 0.15) is 17.2 Å². The Kier molecular flexibility index (Phi) is 3.93. The van der Waals surface area contributed by atoms with E-state index in [0.29, 0.717) is 5.56 Å². The van der Waals surface area contributed by atoms with E-state index in [9.17, 15) is 35.4 Å². The summed E-state index contributed by atoms with van der Waals surface area (Å²) in [5.41, 5.74) is -0.392. The summed E-state index contributed by atoms with van der Waals surface area (Å²) in [5, 5.41) is 60.2. The largest absolute Gasteiger partial charge is 0.508 e. The van der Waals surface area contributed by atoms with Gasteiger partial charge in [-0.05, 0) is 17.5 Å². The normalized spacial score (nSPS) is 18.5. The summed E-state index contributed by atoms with van der Waals surface area (Å²) in [5.74, 6) is -2.26. The second-order valence-corrected chi connectivity index (χ2v) is 6.61. The summed E-state index contributed by atoms with van der Waals surface area (Å²) in [4.78, 5) is 12.4. The number of aliphatic hydroxyl groups excluding tert-OH is 1. The van der Waals surface area contributed by atoms with Gasteiger partial charge in [0.05, 0.1) is 11.5 Å². The molecule has 1 aliphatic heterocycles. The lowest BCUT2D eigenvalue weighted by molar-refractivity contribution is 0.0205. The summed E-state index contributed by atoms with van der Waals surface area (Å²) >= 11 is 0. The minimum Gasteiger partial charge on any atom is -0.508 e. The Labute approximate surface area is 157 Å². The minimum absolute atomic E-state index is 0.0102. The molecule has 0 spiro atoms. The highest BCUT2D eigenvalue weighted by atomic mass is 16.5. The standard InChI is InChI=1S/C20H16O8/c21-8-4-13(23)11-7-15(25)20(28-16(11)5-8)10-6-14(24)19(27)17-9(10)2-1-3-12(22)18(17)26/h1-6,15,20-21,23-25,27H,7H2,(H,22,26)/t15-,20+/m0/s1. The van der Waals surface area contributed by atoms with Crippen molar-refractivity contribution in [2.24, 2.45) is 0 Å². The van der Waals surface area contributed by atoms with Crippen molar-refractivity contribution < 1.29 is 35.4 Å². The Morgan fingerprint density at radius 2 is 1.68 bits per heavy atom. The van der Waals surface area contributed by atoms with Gasteiger partial charge in [0.25, 0.3) is 0 Å². The zero-order valence-corrected chi connectivity index (χ0v) is 14.3. The van der Waals surface area contributed by atoms with E-state index in [2.05, 4.69) is 0 Å². The average Bonchev–Trinajstić information content (AvgIpc) is 2.78. The third-order valence-corrected chi connectivity index (χ3v) is 4.82. The van der Waals surface area contributed by atoms with Gasteiger partial charge in [-0.1, -0.05) is 12.1 Å². The van der Waals surface area contributed by atoms with E-state index in [1.54, 1.807) is 0 Å². The van der Waals surface area contributed by atoms with Gasteiger partial charge in [-0.15, -0.1) is 0 Å². The van der Waals surface area contributed by atoms with Gasteiger partial charge in [0.15, 0.2) is 23.4 Å². The number of rotatable bonds is 1. The lowest BCUT2D eigenvalue weighted by Crippen LogP contribution is -2.30. The van der Waals surface area contributed by atoms with Crippen molar-refractivity contribution in [2.45, 2.75) is 18.6 Å². The van der Waals surface area contributed by atoms with Crippen molar-refractivity contribution in [1.82, 2.24) is 0 Å². The first kappa shape index (κ1) is 17.7. The van der Waals surface area contributed by atoms with Crippen LogP contribution in [0.4, 0.5) is 0 Å². The Morgan fingerprint density at radius 3 is 2.43 bits per heavy atom. The molecule has 8 heteroatoms. The van der Waals surface area contributed by atoms with Gasteiger partial charge in [-0.2, -0.15) is 0 Å². The van der Waals surface area contributed by atoms with Crippen LogP contribution >= 0.6 is 0 Å². The molecule has 0 amide bonds. The number of aliphatic hydroxyl groups is 1. The fourth-order valence-electron chi connectivity index (χ4n) is 3.51. The molecule has 1 aliphatic rings. The van der Waals surface area contributed by atoms with Crippen molar-refractivity contribution in [3.8, 4) is 34.5 Å². The fourth-order valence-corrected chi connectivity index (χ4v) is 3.51. The van der Waals surface area contributed by atoms with E-state index in [4.69, 9.17) is 4.74 Å². The molecule has 8 nitrogen and oxygen atoms in total. The molecule has 0 saturated carbocycles. The Hall–Kier alpha value is -3.65. The molecule has 6 N–H and O–H groups in total. The molecule has 0 aromatic heterocycles. The number of ether oxygens (including phenoxy) is 1. The highest BCUT2D eigenvalue weighted by Gasteiger charge is 2.34. The van der Waals surface area contributed by atoms with E-state index in [1.165, 1.54) is 18.2 Å². The van der Waals surface area contributed by atoms with Gasteiger partial charge in [-0.3, -0.25) is 4.79 Å². The van der Waals surface area contributed by atoms with Crippen LogP contribution in [-0.4, -0.2) is 36.7 Å². The number of phenols is 4. The molecule has 144 valence electrons. The van der Waals surface area contributed by atoms with Crippen LogP contribution in [0.25, 0.3) is 10.8 Å². The Balaban J connectivity index is 1.97. The van der Waals surface area contributed by atoms with Gasteiger partial charge in [0.1, 0.15) is 17.2 Å². The van der Waals surface area contributed by atoms with Gasteiger partial charge < -0.3 is 35.4 Å². The molecule has 0 fully saturated rings. The summed E-state index contributed by atoms with van der Waals surface area (Å²) < 4.78 is 5.77. The molecular weight excluding hydrogens is 368 g/mol. The molecule has 3 aromatic rings. The maximum absolute atomic E-state index is 12.4. The van der Waals surface area contributed by atoms with E-state index in [-0.39, 0.29) is 40.0 Å². The van der Waals surface area contributed by atoms with Gasteiger partial charge in [0.2, 0.25) is 5.43 Å². The monoisotopic (exact) mass is 384 g/mol. The number of hydrogen-bond acceptors (Lipinski definition) is 8. The summed E-state index contributed by atoms with van der Waals surface area (Å²) in [7, 11) is 0. The van der Waals surface area contributed by atoms with Crippen LogP contribution in [0.3, 0.4) is 0 Å². The highest BCUT2D eigenvalue weighted by Crippen LogP contribution is 2.45. The molecule has 4 rings (SSSR count). The molecule has 0 saturated heterocycles. The zero-order chi connectivity index (χ0) is 20.2. The average molecular weight is 384 g/mol. The van der Waals surface area contributed by atoms with Crippen LogP contribution in [0.5, 0.6) is 34.5 Å². The number of hydrogen-bond donors (Lipinski definition) is 6. The van der Waals surface area contributed by atoms with Crippen molar-refractivity contribution >= 4 is 10.8 Å². The van der Waals surface area contributed by atoms with Gasteiger partial charge >= 0.3 is 0 Å². The van der Waals surface area contributed by atoms with E-state index in [0.717, 1.165) is 18.2 Å². The molecule has 0 bridgehead atoms. The molecule has 2 atom stereocenters. The van der Waals surface area contributed by atoms with Crippen LogP contribution in [0.2, 0.25) is 0 Å². The lowest BCUT2D eigenvalue weighted by atomic mass is 9.91. The molecule has 1 heterocycles. The summed E-state index contributed by atoms with van der Waals surface area (Å²) in [6, 6.07) is 7.54. The van der Waals surface area contributed by atoms with Crippen LogP contribution in [0, 0.1) is 0 Å². The molecule has 0 unspecified atom stereocenters. The summed E-state index contributed by atoms with van der Waals surface area (Å²) in [6.45, 7) is 0. The smallest absolute Gasteiger partial charge is 0.231 e. The number of fused-ring (bicyclic) bond motifs is 2. The lowest BCUT2D eigenvalue weighted by Gasteiger charge is -2.32. The Bertz CT molecular complexity index is 1170. The molecule has 28 heavy (non-hydrogen) atoms. The second kappa shape index (κ2) is 6.21. The van der Waals surface area contributed by atoms with Crippen LogP contribution in [0.15, 0.2) is 41.2 Å². The van der Waals surface area contributed by atoms with Crippen molar-refractivity contribution in [1.29, 1.82) is 0 Å². The maximum atomic E-state index is 12.4. The second-order valence-electron chi connectivity index (χ2n) is 6.61. The first-order valence-corrected chi connectivity index (χ1v) is 8.38. The predicted molar refractivity (Wildman–Crippen MR) is 98.1 cm³/mol. The molecule has 3 aromatic carbocycles. The first-order chi connectivity index (χ1) is 13.3. The van der Waals surface area contributed by atoms with E-state index >= 15 is 0 Å². The van der Waals surface area contributed by atoms with Crippen LogP contribution < -0.4 is 10.2 Å². The quantitative estimate of drug-likeness (QED) is 0.348. The van der Waals surface area contributed by atoms with Gasteiger partial charge in [0, 0.05) is 29.7 Å². The van der Waals surface area contributed by atoms with Crippen LogP contribution in [-0.2, 0) is 6.42 Å². The third-order valence-electron chi connectivity index (χ3n) is 4.82. The Morgan fingerprint density at radius 1 is 0.929 bits per heavy atom. The fraction of sp³-hybridized carbons (Fsp3) is 0.150. The van der Waals surface area contributed by atoms with Crippen molar-refractivity contribution in [2.75, 3.05) is 0 Å². The number of phenolic OH excluding ortho intramolecular Hbond substituents is 4.